The Labute approximate surface area is 89.2 Å². The SMILES string of the molecule is CC(C)(C)N=C(N)Nc1ccccc1F. The lowest BCUT2D eigenvalue weighted by Crippen LogP contribution is -2.27. The van der Waals surface area contributed by atoms with E-state index in [1.54, 1.807) is 18.2 Å². The Bertz CT molecular complexity index is 366. The van der Waals surface area contributed by atoms with Crippen molar-refractivity contribution >= 4 is 11.6 Å². The Morgan fingerprint density at radius 2 is 1.93 bits per heavy atom. The zero-order valence-corrected chi connectivity index (χ0v) is 9.21. The molecule has 0 fully saturated rings. The molecule has 1 aromatic rings. The minimum Gasteiger partial charge on any atom is -0.370 e. The number of halogens is 1. The Hall–Kier alpha value is -1.58. The highest BCUT2D eigenvalue weighted by atomic mass is 19.1. The Morgan fingerprint density at radius 1 is 1.33 bits per heavy atom. The van der Waals surface area contributed by atoms with Gasteiger partial charge in [-0.25, -0.2) is 9.38 Å². The molecule has 0 bridgehead atoms. The third-order valence-corrected chi connectivity index (χ3v) is 1.59. The fraction of sp³-hybridized carbons (Fsp3) is 0.364. The van der Waals surface area contributed by atoms with E-state index < -0.39 is 0 Å². The summed E-state index contributed by atoms with van der Waals surface area (Å²) in [5.74, 6) is -0.128. The fourth-order valence-corrected chi connectivity index (χ4v) is 1.09. The van der Waals surface area contributed by atoms with Gasteiger partial charge in [0.2, 0.25) is 0 Å². The van der Waals surface area contributed by atoms with Crippen molar-refractivity contribution in [3.8, 4) is 0 Å². The largest absolute Gasteiger partial charge is 0.370 e. The van der Waals surface area contributed by atoms with Crippen LogP contribution < -0.4 is 11.1 Å². The van der Waals surface area contributed by atoms with Crippen LogP contribution >= 0.6 is 0 Å². The molecular formula is C11H16FN3. The number of rotatable bonds is 1. The molecule has 0 saturated heterocycles. The lowest BCUT2D eigenvalue weighted by atomic mass is 10.1. The molecule has 0 amide bonds. The molecule has 0 aliphatic carbocycles. The van der Waals surface area contributed by atoms with Crippen molar-refractivity contribution < 1.29 is 4.39 Å². The van der Waals surface area contributed by atoms with E-state index in [4.69, 9.17) is 5.73 Å². The number of para-hydroxylation sites is 1. The normalized spacial score (nSPS) is 12.7. The van der Waals surface area contributed by atoms with Crippen molar-refractivity contribution in [2.24, 2.45) is 10.7 Å². The van der Waals surface area contributed by atoms with Crippen LogP contribution in [0.25, 0.3) is 0 Å². The third-order valence-electron chi connectivity index (χ3n) is 1.59. The number of anilines is 1. The maximum atomic E-state index is 13.2. The summed E-state index contributed by atoms with van der Waals surface area (Å²) in [6.07, 6.45) is 0. The summed E-state index contributed by atoms with van der Waals surface area (Å²) in [7, 11) is 0. The predicted octanol–water partition coefficient (Wildman–Crippen LogP) is 2.35. The molecule has 0 heterocycles. The molecule has 0 spiro atoms. The minimum atomic E-state index is -0.343. The van der Waals surface area contributed by atoms with Crippen molar-refractivity contribution in [3.63, 3.8) is 0 Å². The van der Waals surface area contributed by atoms with Crippen molar-refractivity contribution in [3.05, 3.63) is 30.1 Å². The van der Waals surface area contributed by atoms with Crippen LogP contribution in [0, 0.1) is 5.82 Å². The molecule has 0 unspecified atom stereocenters. The van der Waals surface area contributed by atoms with E-state index in [2.05, 4.69) is 10.3 Å². The Morgan fingerprint density at radius 3 is 2.47 bits per heavy atom. The van der Waals surface area contributed by atoms with Gasteiger partial charge >= 0.3 is 0 Å². The van der Waals surface area contributed by atoms with Gasteiger partial charge in [-0.05, 0) is 32.9 Å². The van der Waals surface area contributed by atoms with E-state index in [0.717, 1.165) is 0 Å². The molecule has 82 valence electrons. The summed E-state index contributed by atoms with van der Waals surface area (Å²) < 4.78 is 13.2. The number of aliphatic imine (C=N–C) groups is 1. The summed E-state index contributed by atoms with van der Waals surface area (Å²) in [6.45, 7) is 5.76. The van der Waals surface area contributed by atoms with Gasteiger partial charge in [-0.15, -0.1) is 0 Å². The summed E-state index contributed by atoms with van der Waals surface area (Å²) >= 11 is 0. The summed E-state index contributed by atoms with van der Waals surface area (Å²) in [4.78, 5) is 4.16. The highest BCUT2D eigenvalue weighted by Gasteiger charge is 2.09. The topological polar surface area (TPSA) is 50.4 Å². The standard InChI is InChI=1S/C11H16FN3/c1-11(2,3)15-10(13)14-9-7-5-4-6-8(9)12/h4-7H,1-3H3,(H3,13,14,15). The van der Waals surface area contributed by atoms with E-state index in [9.17, 15) is 4.39 Å². The van der Waals surface area contributed by atoms with Crippen molar-refractivity contribution in [1.29, 1.82) is 0 Å². The first-order valence-electron chi connectivity index (χ1n) is 4.75. The van der Waals surface area contributed by atoms with Crippen LogP contribution in [0.3, 0.4) is 0 Å². The number of hydrogen-bond acceptors (Lipinski definition) is 1. The van der Waals surface area contributed by atoms with Gasteiger partial charge in [0.1, 0.15) is 5.82 Å². The second-order valence-electron chi connectivity index (χ2n) is 4.27. The smallest absolute Gasteiger partial charge is 0.193 e. The van der Waals surface area contributed by atoms with Gasteiger partial charge in [0.15, 0.2) is 5.96 Å². The maximum Gasteiger partial charge on any atom is 0.193 e. The number of benzene rings is 1. The van der Waals surface area contributed by atoms with Crippen molar-refractivity contribution in [2.75, 3.05) is 5.32 Å². The van der Waals surface area contributed by atoms with Gasteiger partial charge in [-0.3, -0.25) is 0 Å². The summed E-state index contributed by atoms with van der Waals surface area (Å²) in [5.41, 5.74) is 5.69. The number of guanidine groups is 1. The van der Waals surface area contributed by atoms with Gasteiger partial charge < -0.3 is 11.1 Å². The number of hydrogen-bond donors (Lipinski definition) is 2. The zero-order valence-electron chi connectivity index (χ0n) is 9.21. The number of nitrogens with one attached hydrogen (secondary N) is 1. The first kappa shape index (κ1) is 11.5. The quantitative estimate of drug-likeness (QED) is 0.551. The van der Waals surface area contributed by atoms with Crippen LogP contribution in [0.2, 0.25) is 0 Å². The molecule has 0 radical (unpaired) electrons. The molecule has 3 N–H and O–H groups in total. The molecule has 15 heavy (non-hydrogen) atoms. The van der Waals surface area contributed by atoms with Gasteiger partial charge in [-0.2, -0.15) is 0 Å². The van der Waals surface area contributed by atoms with E-state index >= 15 is 0 Å². The lowest BCUT2D eigenvalue weighted by molar-refractivity contribution is 0.582. The molecule has 3 nitrogen and oxygen atoms in total. The van der Waals surface area contributed by atoms with E-state index in [1.165, 1.54) is 6.07 Å². The minimum absolute atomic E-state index is 0.215. The monoisotopic (exact) mass is 209 g/mol. The second kappa shape index (κ2) is 4.29. The molecule has 0 aromatic heterocycles. The van der Waals surface area contributed by atoms with Crippen LogP contribution in [0.1, 0.15) is 20.8 Å². The Kier molecular flexibility index (Phi) is 3.29. The lowest BCUT2D eigenvalue weighted by Gasteiger charge is -2.14. The van der Waals surface area contributed by atoms with E-state index in [0.29, 0.717) is 5.69 Å². The van der Waals surface area contributed by atoms with Crippen molar-refractivity contribution in [2.45, 2.75) is 26.3 Å². The van der Waals surface area contributed by atoms with E-state index in [-0.39, 0.29) is 17.3 Å². The summed E-state index contributed by atoms with van der Waals surface area (Å²) in [6, 6.07) is 6.33. The van der Waals surface area contributed by atoms with Gasteiger partial charge in [0, 0.05) is 0 Å². The molecule has 0 aliphatic rings. The van der Waals surface area contributed by atoms with Crippen molar-refractivity contribution in [1.82, 2.24) is 0 Å². The zero-order chi connectivity index (χ0) is 11.5. The van der Waals surface area contributed by atoms with Crippen LogP contribution in [-0.4, -0.2) is 11.5 Å². The third kappa shape index (κ3) is 3.97. The highest BCUT2D eigenvalue weighted by molar-refractivity contribution is 5.92. The average molecular weight is 209 g/mol. The predicted molar refractivity (Wildman–Crippen MR) is 61.4 cm³/mol. The first-order valence-corrected chi connectivity index (χ1v) is 4.75. The summed E-state index contributed by atoms with van der Waals surface area (Å²) in [5, 5.41) is 2.72. The van der Waals surface area contributed by atoms with Gasteiger partial charge in [0.05, 0.1) is 11.2 Å². The molecular weight excluding hydrogens is 193 g/mol. The highest BCUT2D eigenvalue weighted by Crippen LogP contribution is 2.12. The number of nitrogens with zero attached hydrogens (tertiary/aromatic N) is 1. The fourth-order valence-electron chi connectivity index (χ4n) is 1.09. The van der Waals surface area contributed by atoms with E-state index in [1.807, 2.05) is 20.8 Å². The second-order valence-corrected chi connectivity index (χ2v) is 4.27. The molecule has 1 aromatic carbocycles. The average Bonchev–Trinajstić information content (AvgIpc) is 2.05. The number of nitrogens with two attached hydrogens (primary N) is 1. The van der Waals surface area contributed by atoms with Gasteiger partial charge in [-0.1, -0.05) is 12.1 Å². The van der Waals surface area contributed by atoms with Crippen LogP contribution in [-0.2, 0) is 0 Å². The molecule has 0 saturated carbocycles. The van der Waals surface area contributed by atoms with Crippen LogP contribution in [0.5, 0.6) is 0 Å². The van der Waals surface area contributed by atoms with Crippen LogP contribution in [0.15, 0.2) is 29.3 Å². The molecule has 1 rings (SSSR count). The Balaban J connectivity index is 2.79. The van der Waals surface area contributed by atoms with Crippen LogP contribution in [0.4, 0.5) is 10.1 Å². The first-order chi connectivity index (χ1) is 6.88. The molecule has 0 aliphatic heterocycles. The van der Waals surface area contributed by atoms with Gasteiger partial charge in [0.25, 0.3) is 0 Å². The molecule has 4 heteroatoms. The maximum absolute atomic E-state index is 13.2. The molecule has 0 atom stereocenters.